The van der Waals surface area contributed by atoms with Crippen molar-refractivity contribution in [3.8, 4) is 0 Å². The lowest BCUT2D eigenvalue weighted by Crippen LogP contribution is -2.34. The van der Waals surface area contributed by atoms with Crippen LogP contribution in [0.2, 0.25) is 0 Å². The predicted molar refractivity (Wildman–Crippen MR) is 103 cm³/mol. The molecule has 7 heteroatoms. The second-order valence-corrected chi connectivity index (χ2v) is 6.12. The number of rotatable bonds is 6. The molecule has 0 aliphatic rings. The minimum absolute atomic E-state index is 0.166. The highest BCUT2D eigenvalue weighted by atomic mass is 19.1. The lowest BCUT2D eigenvalue weighted by Gasteiger charge is -2.22. The van der Waals surface area contributed by atoms with Gasteiger partial charge in [-0.25, -0.2) is 9.18 Å². The highest BCUT2D eigenvalue weighted by molar-refractivity contribution is 5.91. The van der Waals surface area contributed by atoms with E-state index in [-0.39, 0.29) is 30.1 Å². The molecule has 2 N–H and O–H groups in total. The molecular weight excluding hydrogens is 361 g/mol. The van der Waals surface area contributed by atoms with Crippen LogP contribution >= 0.6 is 0 Å². The van der Waals surface area contributed by atoms with Crippen LogP contribution in [0.5, 0.6) is 0 Å². The van der Waals surface area contributed by atoms with E-state index in [1.165, 1.54) is 31.3 Å². The Labute approximate surface area is 162 Å². The number of carbonyl (C=O) groups is 2. The molecule has 3 amide bonds. The largest absolute Gasteiger partial charge is 0.454 e. The van der Waals surface area contributed by atoms with E-state index in [9.17, 15) is 14.0 Å². The summed E-state index contributed by atoms with van der Waals surface area (Å²) in [6.07, 6.45) is 0. The second-order valence-electron chi connectivity index (χ2n) is 6.12. The van der Waals surface area contributed by atoms with Crippen molar-refractivity contribution < 1.29 is 18.4 Å². The lowest BCUT2D eigenvalue weighted by atomic mass is 10.2. The fourth-order valence-electron chi connectivity index (χ4n) is 2.64. The zero-order valence-corrected chi connectivity index (χ0v) is 15.3. The molecule has 3 rings (SSSR count). The molecule has 6 nitrogen and oxygen atoms in total. The standard InChI is InChI=1S/C21H20FN3O3/c1-23-20(26)19-12-11-18(28-19)14-25(13-15-5-3-2-4-6-15)21(27)24-17-9-7-16(22)8-10-17/h2-12H,13-14H2,1H3,(H,23,26)(H,24,27). The van der Waals surface area contributed by atoms with Crippen LogP contribution in [0.25, 0.3) is 0 Å². The van der Waals surface area contributed by atoms with E-state index in [0.29, 0.717) is 18.0 Å². The maximum absolute atomic E-state index is 13.1. The maximum Gasteiger partial charge on any atom is 0.322 e. The van der Waals surface area contributed by atoms with Gasteiger partial charge in [0.1, 0.15) is 11.6 Å². The van der Waals surface area contributed by atoms with Crippen molar-refractivity contribution in [3.63, 3.8) is 0 Å². The number of amides is 3. The van der Waals surface area contributed by atoms with E-state index in [0.717, 1.165) is 5.56 Å². The van der Waals surface area contributed by atoms with Crippen LogP contribution in [0.15, 0.2) is 71.1 Å². The van der Waals surface area contributed by atoms with Gasteiger partial charge >= 0.3 is 6.03 Å². The van der Waals surface area contributed by atoms with Crippen molar-refractivity contribution in [2.45, 2.75) is 13.1 Å². The topological polar surface area (TPSA) is 74.6 Å². The first-order chi connectivity index (χ1) is 13.5. The van der Waals surface area contributed by atoms with Crippen LogP contribution in [0.4, 0.5) is 14.9 Å². The number of hydrogen-bond donors (Lipinski definition) is 2. The first kappa shape index (κ1) is 19.2. The van der Waals surface area contributed by atoms with Gasteiger partial charge in [-0.1, -0.05) is 30.3 Å². The average molecular weight is 381 g/mol. The smallest absolute Gasteiger partial charge is 0.322 e. The van der Waals surface area contributed by atoms with Crippen LogP contribution in [-0.2, 0) is 13.1 Å². The highest BCUT2D eigenvalue weighted by Crippen LogP contribution is 2.16. The Bertz CT molecular complexity index is 939. The van der Waals surface area contributed by atoms with E-state index < -0.39 is 0 Å². The number of benzene rings is 2. The average Bonchev–Trinajstić information content (AvgIpc) is 3.18. The molecule has 2 aromatic carbocycles. The van der Waals surface area contributed by atoms with E-state index >= 15 is 0 Å². The SMILES string of the molecule is CNC(=O)c1ccc(CN(Cc2ccccc2)C(=O)Nc2ccc(F)cc2)o1. The molecule has 144 valence electrons. The first-order valence-corrected chi connectivity index (χ1v) is 8.71. The first-order valence-electron chi connectivity index (χ1n) is 8.71. The third kappa shape index (κ3) is 4.97. The summed E-state index contributed by atoms with van der Waals surface area (Å²) in [6.45, 7) is 0.503. The number of nitrogens with one attached hydrogen (secondary N) is 2. The van der Waals surface area contributed by atoms with E-state index in [1.54, 1.807) is 17.0 Å². The lowest BCUT2D eigenvalue weighted by molar-refractivity contribution is 0.0932. The van der Waals surface area contributed by atoms with Crippen LogP contribution in [0, 0.1) is 5.82 Å². The molecule has 0 saturated heterocycles. The Balaban J connectivity index is 1.77. The summed E-state index contributed by atoms with van der Waals surface area (Å²) in [6, 6.07) is 17.9. The van der Waals surface area contributed by atoms with Gasteiger partial charge in [-0.2, -0.15) is 0 Å². The summed E-state index contributed by atoms with van der Waals surface area (Å²) in [4.78, 5) is 26.0. The summed E-state index contributed by atoms with van der Waals surface area (Å²) in [7, 11) is 1.52. The third-order valence-corrected chi connectivity index (χ3v) is 4.06. The Morgan fingerprint density at radius 1 is 0.964 bits per heavy atom. The highest BCUT2D eigenvalue weighted by Gasteiger charge is 2.18. The molecule has 0 atom stereocenters. The number of carbonyl (C=O) groups excluding carboxylic acids is 2. The van der Waals surface area contributed by atoms with Crippen molar-refractivity contribution >= 4 is 17.6 Å². The predicted octanol–water partition coefficient (Wildman–Crippen LogP) is 4.01. The molecule has 0 saturated carbocycles. The molecule has 0 unspecified atom stereocenters. The molecular formula is C21H20FN3O3. The van der Waals surface area contributed by atoms with Gasteiger partial charge in [-0.15, -0.1) is 0 Å². The van der Waals surface area contributed by atoms with Gasteiger partial charge < -0.3 is 20.0 Å². The van der Waals surface area contributed by atoms with Crippen molar-refractivity contribution in [2.75, 3.05) is 12.4 Å². The van der Waals surface area contributed by atoms with Crippen molar-refractivity contribution in [3.05, 3.63) is 89.6 Å². The quantitative estimate of drug-likeness (QED) is 0.677. The number of anilines is 1. The normalized spacial score (nSPS) is 10.4. The Hall–Kier alpha value is -3.61. The molecule has 28 heavy (non-hydrogen) atoms. The number of urea groups is 1. The molecule has 1 aromatic heterocycles. The molecule has 0 spiro atoms. The van der Waals surface area contributed by atoms with Gasteiger partial charge in [0.05, 0.1) is 6.54 Å². The van der Waals surface area contributed by atoms with Gasteiger partial charge in [0.2, 0.25) is 0 Å². The Morgan fingerprint density at radius 2 is 1.68 bits per heavy atom. The minimum atomic E-state index is -0.378. The fraction of sp³-hybridized carbons (Fsp3) is 0.143. The Morgan fingerprint density at radius 3 is 2.36 bits per heavy atom. The fourth-order valence-corrected chi connectivity index (χ4v) is 2.64. The van der Waals surface area contributed by atoms with Crippen LogP contribution in [-0.4, -0.2) is 23.9 Å². The van der Waals surface area contributed by atoms with Gasteiger partial charge in [-0.3, -0.25) is 4.79 Å². The summed E-state index contributed by atoms with van der Waals surface area (Å²) in [5.74, 6) is -0.0621. The van der Waals surface area contributed by atoms with Crippen molar-refractivity contribution in [1.29, 1.82) is 0 Å². The van der Waals surface area contributed by atoms with Gasteiger partial charge in [0.25, 0.3) is 5.91 Å². The van der Waals surface area contributed by atoms with E-state index in [1.807, 2.05) is 30.3 Å². The number of nitrogens with zero attached hydrogens (tertiary/aromatic N) is 1. The minimum Gasteiger partial charge on any atom is -0.454 e. The molecule has 1 heterocycles. The van der Waals surface area contributed by atoms with Gasteiger partial charge in [-0.05, 0) is 42.0 Å². The van der Waals surface area contributed by atoms with Crippen LogP contribution < -0.4 is 10.6 Å². The third-order valence-electron chi connectivity index (χ3n) is 4.06. The number of halogens is 1. The zero-order chi connectivity index (χ0) is 19.9. The van der Waals surface area contributed by atoms with Crippen LogP contribution in [0.3, 0.4) is 0 Å². The Kier molecular flexibility index (Phi) is 6.06. The molecule has 0 radical (unpaired) electrons. The van der Waals surface area contributed by atoms with Gasteiger partial charge in [0.15, 0.2) is 5.76 Å². The summed E-state index contributed by atoms with van der Waals surface area (Å²) < 4.78 is 18.6. The molecule has 0 aliphatic carbocycles. The summed E-state index contributed by atoms with van der Waals surface area (Å²) in [5, 5.41) is 5.24. The summed E-state index contributed by atoms with van der Waals surface area (Å²) >= 11 is 0. The van der Waals surface area contributed by atoms with Gasteiger partial charge in [0, 0.05) is 19.3 Å². The monoisotopic (exact) mass is 381 g/mol. The number of hydrogen-bond acceptors (Lipinski definition) is 3. The zero-order valence-electron chi connectivity index (χ0n) is 15.3. The van der Waals surface area contributed by atoms with Crippen LogP contribution in [0.1, 0.15) is 21.9 Å². The van der Waals surface area contributed by atoms with Crippen molar-refractivity contribution in [2.24, 2.45) is 0 Å². The molecule has 0 bridgehead atoms. The summed E-state index contributed by atoms with van der Waals surface area (Å²) in [5.41, 5.74) is 1.42. The number of furan rings is 1. The second kappa shape index (κ2) is 8.85. The van der Waals surface area contributed by atoms with Crippen molar-refractivity contribution in [1.82, 2.24) is 10.2 Å². The molecule has 0 fully saturated rings. The van der Waals surface area contributed by atoms with E-state index in [4.69, 9.17) is 4.42 Å². The molecule has 3 aromatic rings. The molecule has 0 aliphatic heterocycles. The maximum atomic E-state index is 13.1. The van der Waals surface area contributed by atoms with E-state index in [2.05, 4.69) is 10.6 Å².